The molecule has 0 atom stereocenters. The predicted octanol–water partition coefficient (Wildman–Crippen LogP) is 4.10. The second-order valence-corrected chi connectivity index (χ2v) is 4.19. The summed E-state index contributed by atoms with van der Waals surface area (Å²) in [7, 11) is 0. The maximum absolute atomic E-state index is 4.49. The van der Waals surface area contributed by atoms with Gasteiger partial charge in [-0.25, -0.2) is 9.97 Å². The van der Waals surface area contributed by atoms with E-state index < -0.39 is 0 Å². The van der Waals surface area contributed by atoms with Gasteiger partial charge < -0.3 is 5.32 Å². The van der Waals surface area contributed by atoms with Crippen LogP contribution in [0.1, 0.15) is 5.56 Å². The molecular weight excluding hydrogens is 258 g/mol. The van der Waals surface area contributed by atoms with Crippen molar-refractivity contribution in [3.8, 4) is 0 Å². The topological polar surface area (TPSA) is 37.8 Å². The van der Waals surface area contributed by atoms with Gasteiger partial charge in [0.25, 0.3) is 0 Å². The van der Waals surface area contributed by atoms with E-state index in [2.05, 4.69) is 28.3 Å². The van der Waals surface area contributed by atoms with E-state index >= 15 is 0 Å². The zero-order valence-electron chi connectivity index (χ0n) is 10.5. The summed E-state index contributed by atoms with van der Waals surface area (Å²) in [6, 6.07) is 16.1. The van der Waals surface area contributed by atoms with Gasteiger partial charge in [0.15, 0.2) is 0 Å². The third-order valence-corrected chi connectivity index (χ3v) is 2.88. The van der Waals surface area contributed by atoms with E-state index in [-0.39, 0.29) is 12.4 Å². The Bertz CT molecular complexity index is 698. The first-order valence-electron chi connectivity index (χ1n) is 5.87. The number of anilines is 2. The highest BCUT2D eigenvalue weighted by Crippen LogP contribution is 2.19. The fourth-order valence-electron chi connectivity index (χ4n) is 1.87. The van der Waals surface area contributed by atoms with Gasteiger partial charge in [0, 0.05) is 17.3 Å². The van der Waals surface area contributed by atoms with Crippen LogP contribution in [-0.4, -0.2) is 9.97 Å². The molecule has 3 rings (SSSR count). The van der Waals surface area contributed by atoms with Gasteiger partial charge in [-0.15, -0.1) is 12.4 Å². The first kappa shape index (κ1) is 13.3. The lowest BCUT2D eigenvalue weighted by atomic mass is 10.2. The molecule has 0 saturated heterocycles. The van der Waals surface area contributed by atoms with Crippen molar-refractivity contribution in [2.45, 2.75) is 6.92 Å². The summed E-state index contributed by atoms with van der Waals surface area (Å²) in [5.74, 6) is 0.628. The Morgan fingerprint density at radius 1 is 0.947 bits per heavy atom. The summed E-state index contributed by atoms with van der Waals surface area (Å²) >= 11 is 0. The molecule has 19 heavy (non-hydrogen) atoms. The third kappa shape index (κ3) is 2.83. The number of fused-ring (bicyclic) bond motifs is 1. The lowest BCUT2D eigenvalue weighted by Gasteiger charge is -2.07. The SMILES string of the molecule is Cc1ccccc1Nc1ncc2ccccc2n1.Cl. The number of rotatable bonds is 2. The van der Waals surface area contributed by atoms with Crippen LogP contribution in [0.2, 0.25) is 0 Å². The summed E-state index contributed by atoms with van der Waals surface area (Å²) in [5.41, 5.74) is 3.16. The summed E-state index contributed by atoms with van der Waals surface area (Å²) in [6.45, 7) is 2.06. The van der Waals surface area contributed by atoms with Gasteiger partial charge in [-0.2, -0.15) is 0 Å². The summed E-state index contributed by atoms with van der Waals surface area (Å²) in [4.78, 5) is 8.81. The molecule has 0 radical (unpaired) electrons. The number of nitrogens with zero attached hydrogens (tertiary/aromatic N) is 2. The molecule has 0 bridgehead atoms. The monoisotopic (exact) mass is 271 g/mol. The van der Waals surface area contributed by atoms with E-state index in [4.69, 9.17) is 0 Å². The van der Waals surface area contributed by atoms with Crippen LogP contribution >= 0.6 is 12.4 Å². The van der Waals surface area contributed by atoms with E-state index in [1.54, 1.807) is 0 Å². The molecule has 0 aliphatic carbocycles. The number of para-hydroxylation sites is 2. The van der Waals surface area contributed by atoms with Crippen molar-refractivity contribution in [1.29, 1.82) is 0 Å². The molecular formula is C15H14ClN3. The number of aryl methyl sites for hydroxylation is 1. The van der Waals surface area contributed by atoms with E-state index in [9.17, 15) is 0 Å². The van der Waals surface area contributed by atoms with Crippen LogP contribution in [0.5, 0.6) is 0 Å². The molecule has 0 aliphatic rings. The van der Waals surface area contributed by atoms with Gasteiger partial charge >= 0.3 is 0 Å². The predicted molar refractivity (Wildman–Crippen MR) is 81.2 cm³/mol. The van der Waals surface area contributed by atoms with Crippen LogP contribution in [0.3, 0.4) is 0 Å². The lowest BCUT2D eigenvalue weighted by molar-refractivity contribution is 1.21. The minimum atomic E-state index is 0. The van der Waals surface area contributed by atoms with E-state index in [1.807, 2.05) is 48.7 Å². The van der Waals surface area contributed by atoms with Gasteiger partial charge in [0.05, 0.1) is 5.52 Å². The third-order valence-electron chi connectivity index (χ3n) is 2.88. The smallest absolute Gasteiger partial charge is 0.227 e. The van der Waals surface area contributed by atoms with E-state index in [1.165, 1.54) is 5.56 Å². The number of hydrogen-bond donors (Lipinski definition) is 1. The highest BCUT2D eigenvalue weighted by atomic mass is 35.5. The van der Waals surface area contributed by atoms with Crippen LogP contribution in [0, 0.1) is 6.92 Å². The molecule has 3 nitrogen and oxygen atoms in total. The molecule has 1 N–H and O–H groups in total. The van der Waals surface area contributed by atoms with Crippen molar-refractivity contribution >= 4 is 34.9 Å². The molecule has 96 valence electrons. The zero-order chi connectivity index (χ0) is 12.4. The first-order valence-corrected chi connectivity index (χ1v) is 5.87. The van der Waals surface area contributed by atoms with Gasteiger partial charge in [0.2, 0.25) is 5.95 Å². The van der Waals surface area contributed by atoms with Crippen LogP contribution in [-0.2, 0) is 0 Å². The Labute approximate surface area is 118 Å². The summed E-state index contributed by atoms with van der Waals surface area (Å²) in [6.07, 6.45) is 1.84. The number of benzene rings is 2. The Morgan fingerprint density at radius 2 is 1.68 bits per heavy atom. The molecule has 2 aromatic carbocycles. The molecule has 0 unspecified atom stereocenters. The van der Waals surface area contributed by atoms with E-state index in [0.29, 0.717) is 5.95 Å². The fourth-order valence-corrected chi connectivity index (χ4v) is 1.87. The van der Waals surface area contributed by atoms with Crippen LogP contribution < -0.4 is 5.32 Å². The van der Waals surface area contributed by atoms with Crippen molar-refractivity contribution in [3.05, 3.63) is 60.3 Å². The van der Waals surface area contributed by atoms with E-state index in [0.717, 1.165) is 16.6 Å². The van der Waals surface area contributed by atoms with Crippen molar-refractivity contribution in [3.63, 3.8) is 0 Å². The largest absolute Gasteiger partial charge is 0.324 e. The minimum Gasteiger partial charge on any atom is -0.324 e. The Balaban J connectivity index is 0.00000133. The fraction of sp³-hybridized carbons (Fsp3) is 0.0667. The second kappa shape index (κ2) is 5.67. The zero-order valence-corrected chi connectivity index (χ0v) is 11.3. The highest BCUT2D eigenvalue weighted by Gasteiger charge is 2.01. The van der Waals surface area contributed by atoms with Gasteiger partial charge in [-0.1, -0.05) is 36.4 Å². The Morgan fingerprint density at radius 3 is 2.53 bits per heavy atom. The molecule has 3 aromatic rings. The van der Waals surface area contributed by atoms with Gasteiger partial charge in [-0.3, -0.25) is 0 Å². The lowest BCUT2D eigenvalue weighted by Crippen LogP contribution is -1.98. The van der Waals surface area contributed by atoms with Crippen LogP contribution in [0.15, 0.2) is 54.7 Å². The average molecular weight is 272 g/mol. The number of halogens is 1. The molecule has 0 saturated carbocycles. The summed E-state index contributed by atoms with van der Waals surface area (Å²) in [5, 5.41) is 4.29. The number of nitrogens with one attached hydrogen (secondary N) is 1. The van der Waals surface area contributed by atoms with Crippen molar-refractivity contribution in [2.24, 2.45) is 0 Å². The quantitative estimate of drug-likeness (QED) is 0.762. The van der Waals surface area contributed by atoms with Gasteiger partial charge in [0.1, 0.15) is 0 Å². The van der Waals surface area contributed by atoms with Crippen molar-refractivity contribution < 1.29 is 0 Å². The maximum Gasteiger partial charge on any atom is 0.227 e. The normalized spacial score (nSPS) is 9.95. The molecule has 1 heterocycles. The van der Waals surface area contributed by atoms with Crippen LogP contribution in [0.4, 0.5) is 11.6 Å². The first-order chi connectivity index (χ1) is 8.83. The molecule has 4 heteroatoms. The Hall–Kier alpha value is -2.13. The van der Waals surface area contributed by atoms with Crippen LogP contribution in [0.25, 0.3) is 10.9 Å². The molecule has 1 aromatic heterocycles. The molecule has 0 aliphatic heterocycles. The standard InChI is InChI=1S/C15H13N3.ClH/c1-11-6-2-4-8-13(11)17-15-16-10-12-7-3-5-9-14(12)18-15;/h2-10H,1H3,(H,16,17,18);1H. The molecule has 0 fully saturated rings. The van der Waals surface area contributed by atoms with Crippen molar-refractivity contribution in [2.75, 3.05) is 5.32 Å². The number of aromatic nitrogens is 2. The highest BCUT2D eigenvalue weighted by molar-refractivity contribution is 5.85. The molecule has 0 amide bonds. The number of hydrogen-bond acceptors (Lipinski definition) is 3. The van der Waals surface area contributed by atoms with Gasteiger partial charge in [-0.05, 0) is 24.6 Å². The van der Waals surface area contributed by atoms with Crippen molar-refractivity contribution in [1.82, 2.24) is 9.97 Å². The summed E-state index contributed by atoms with van der Waals surface area (Å²) < 4.78 is 0. The molecule has 0 spiro atoms. The maximum atomic E-state index is 4.49. The minimum absolute atomic E-state index is 0. The second-order valence-electron chi connectivity index (χ2n) is 4.19. The average Bonchev–Trinajstić information content (AvgIpc) is 2.41. The Kier molecular flexibility index (Phi) is 3.97.